The van der Waals surface area contributed by atoms with E-state index in [0.717, 1.165) is 32.2 Å². The number of fused-ring (bicyclic) bond motifs is 2. The van der Waals surface area contributed by atoms with E-state index in [0.29, 0.717) is 17.6 Å². The molecule has 0 saturated carbocycles. The van der Waals surface area contributed by atoms with E-state index in [9.17, 15) is 9.18 Å². The molecule has 0 N–H and O–H groups in total. The molecule has 2 unspecified atom stereocenters. The van der Waals surface area contributed by atoms with Crippen molar-refractivity contribution in [3.63, 3.8) is 0 Å². The zero-order valence-electron chi connectivity index (χ0n) is 15.3. The maximum Gasteiger partial charge on any atom is 0.166 e. The van der Waals surface area contributed by atoms with Gasteiger partial charge in [-0.25, -0.2) is 4.39 Å². The first-order chi connectivity index (χ1) is 13.2. The van der Waals surface area contributed by atoms with E-state index < -0.39 is 5.82 Å². The standard InChI is InChI=1S/C23H23FN2O/c24-22-10-9-17(11-19(22)14-25)23(27)18-12-20-7-4-8-21(13-18)26(20)15-16-5-2-1-3-6-16/h1-3,5-6,9-11,18,20-21H,4,7-8,12-13,15H2. The quantitative estimate of drug-likeness (QED) is 0.740. The van der Waals surface area contributed by atoms with Crippen molar-refractivity contribution in [1.29, 1.82) is 5.26 Å². The Labute approximate surface area is 159 Å². The summed E-state index contributed by atoms with van der Waals surface area (Å²) >= 11 is 0. The number of hydrogen-bond donors (Lipinski definition) is 0. The second-order valence-electron chi connectivity index (χ2n) is 7.74. The number of piperidine rings is 2. The number of ketones is 1. The molecule has 0 amide bonds. The molecule has 2 bridgehead atoms. The lowest BCUT2D eigenvalue weighted by atomic mass is 9.75. The molecule has 0 aromatic heterocycles. The summed E-state index contributed by atoms with van der Waals surface area (Å²) < 4.78 is 13.6. The van der Waals surface area contributed by atoms with E-state index in [1.54, 1.807) is 0 Å². The van der Waals surface area contributed by atoms with Gasteiger partial charge in [0.1, 0.15) is 11.9 Å². The predicted octanol–water partition coefficient (Wildman–Crippen LogP) is 4.71. The molecule has 2 atom stereocenters. The maximum absolute atomic E-state index is 13.6. The van der Waals surface area contributed by atoms with Crippen molar-refractivity contribution in [3.8, 4) is 6.07 Å². The van der Waals surface area contributed by atoms with Crippen molar-refractivity contribution < 1.29 is 9.18 Å². The minimum absolute atomic E-state index is 0.0377. The van der Waals surface area contributed by atoms with Gasteiger partial charge in [0.15, 0.2) is 5.78 Å². The largest absolute Gasteiger partial charge is 0.294 e. The Kier molecular flexibility index (Phi) is 5.05. The summed E-state index contributed by atoms with van der Waals surface area (Å²) in [6.07, 6.45) is 5.17. The second-order valence-corrected chi connectivity index (χ2v) is 7.74. The van der Waals surface area contributed by atoms with Crippen LogP contribution in [0, 0.1) is 23.1 Å². The summed E-state index contributed by atoms with van der Waals surface area (Å²) in [5.74, 6) is -0.546. The highest BCUT2D eigenvalue weighted by molar-refractivity contribution is 5.98. The van der Waals surface area contributed by atoms with Crippen molar-refractivity contribution >= 4 is 5.78 Å². The lowest BCUT2D eigenvalue weighted by molar-refractivity contribution is 0.00906. The number of benzene rings is 2. The van der Waals surface area contributed by atoms with Crippen LogP contribution in [0.1, 0.15) is 53.6 Å². The summed E-state index contributed by atoms with van der Waals surface area (Å²) in [4.78, 5) is 15.6. The fraction of sp³-hybridized carbons (Fsp3) is 0.391. The van der Waals surface area contributed by atoms with Crippen LogP contribution in [0.5, 0.6) is 0 Å². The number of nitrogens with zero attached hydrogens (tertiary/aromatic N) is 2. The lowest BCUT2D eigenvalue weighted by Crippen LogP contribution is -2.52. The smallest absolute Gasteiger partial charge is 0.166 e. The molecule has 2 aliphatic rings. The Morgan fingerprint density at radius 2 is 1.81 bits per heavy atom. The molecule has 2 saturated heterocycles. The fourth-order valence-corrected chi connectivity index (χ4v) is 4.74. The third-order valence-corrected chi connectivity index (χ3v) is 6.08. The van der Waals surface area contributed by atoms with Crippen molar-refractivity contribution in [2.24, 2.45) is 5.92 Å². The van der Waals surface area contributed by atoms with Gasteiger partial charge in [-0.1, -0.05) is 36.8 Å². The molecule has 3 nitrogen and oxygen atoms in total. The third kappa shape index (κ3) is 3.65. The van der Waals surface area contributed by atoms with E-state index in [1.807, 2.05) is 12.1 Å². The van der Waals surface area contributed by atoms with Crippen LogP contribution in [-0.4, -0.2) is 22.8 Å². The molecule has 4 heteroatoms. The minimum atomic E-state index is -0.566. The molecule has 2 aliphatic heterocycles. The van der Waals surface area contributed by atoms with Gasteiger partial charge in [-0.15, -0.1) is 0 Å². The van der Waals surface area contributed by atoms with Gasteiger partial charge in [0.05, 0.1) is 5.56 Å². The van der Waals surface area contributed by atoms with Crippen molar-refractivity contribution in [1.82, 2.24) is 4.90 Å². The zero-order chi connectivity index (χ0) is 18.8. The third-order valence-electron chi connectivity index (χ3n) is 6.08. The normalized spacial score (nSPS) is 25.0. The summed E-state index contributed by atoms with van der Waals surface area (Å²) in [6, 6.07) is 17.3. The summed E-state index contributed by atoms with van der Waals surface area (Å²) in [5.41, 5.74) is 1.73. The summed E-state index contributed by atoms with van der Waals surface area (Å²) in [5, 5.41) is 9.03. The van der Waals surface area contributed by atoms with E-state index in [4.69, 9.17) is 5.26 Å². The molecule has 0 aliphatic carbocycles. The average molecular weight is 362 g/mol. The van der Waals surface area contributed by atoms with Crippen LogP contribution in [0.15, 0.2) is 48.5 Å². The van der Waals surface area contributed by atoms with Crippen LogP contribution in [0.25, 0.3) is 0 Å². The number of rotatable bonds is 4. The first-order valence-electron chi connectivity index (χ1n) is 9.69. The molecular weight excluding hydrogens is 339 g/mol. The first-order valence-corrected chi connectivity index (χ1v) is 9.69. The van der Waals surface area contributed by atoms with E-state index >= 15 is 0 Å². The van der Waals surface area contributed by atoms with Crippen molar-refractivity contribution in [2.75, 3.05) is 0 Å². The Hall–Kier alpha value is -2.51. The number of nitriles is 1. The van der Waals surface area contributed by atoms with Crippen LogP contribution >= 0.6 is 0 Å². The number of halogens is 1. The van der Waals surface area contributed by atoms with E-state index in [1.165, 1.54) is 30.2 Å². The van der Waals surface area contributed by atoms with Gasteiger partial charge in [-0.2, -0.15) is 5.26 Å². The van der Waals surface area contributed by atoms with Crippen LogP contribution in [0.4, 0.5) is 4.39 Å². The first kappa shape index (κ1) is 17.9. The molecule has 27 heavy (non-hydrogen) atoms. The molecular formula is C23H23FN2O. The molecule has 4 rings (SSSR count). The monoisotopic (exact) mass is 362 g/mol. The van der Waals surface area contributed by atoms with Crippen molar-refractivity contribution in [3.05, 3.63) is 71.0 Å². The van der Waals surface area contributed by atoms with Gasteiger partial charge >= 0.3 is 0 Å². The average Bonchev–Trinajstić information content (AvgIpc) is 2.68. The highest BCUT2D eigenvalue weighted by Gasteiger charge is 2.40. The highest BCUT2D eigenvalue weighted by Crippen LogP contribution is 2.39. The Balaban J connectivity index is 1.51. The van der Waals surface area contributed by atoms with E-state index in [2.05, 4.69) is 29.2 Å². The predicted molar refractivity (Wildman–Crippen MR) is 102 cm³/mol. The number of carbonyl (C=O) groups excluding carboxylic acids is 1. The molecule has 0 radical (unpaired) electrons. The van der Waals surface area contributed by atoms with Crippen LogP contribution in [-0.2, 0) is 6.54 Å². The number of Topliss-reactive ketones (excluding diaryl/α,β-unsaturated/α-hetero) is 1. The molecule has 2 fully saturated rings. The molecule has 2 aromatic carbocycles. The zero-order valence-corrected chi connectivity index (χ0v) is 15.3. The second kappa shape index (κ2) is 7.62. The Morgan fingerprint density at radius 3 is 2.48 bits per heavy atom. The van der Waals surface area contributed by atoms with Gasteiger partial charge in [0.25, 0.3) is 0 Å². The van der Waals surface area contributed by atoms with Crippen LogP contribution in [0.3, 0.4) is 0 Å². The number of hydrogen-bond acceptors (Lipinski definition) is 3. The molecule has 138 valence electrons. The summed E-state index contributed by atoms with van der Waals surface area (Å²) in [6.45, 7) is 0.937. The maximum atomic E-state index is 13.6. The van der Waals surface area contributed by atoms with Crippen molar-refractivity contribution in [2.45, 2.75) is 50.7 Å². The SMILES string of the molecule is N#Cc1cc(C(=O)C2CC3CCCC(C2)N3Cc2ccccc2)ccc1F. The lowest BCUT2D eigenvalue weighted by Gasteiger charge is -2.48. The topological polar surface area (TPSA) is 44.1 Å². The van der Waals surface area contributed by atoms with Gasteiger partial charge in [0, 0.05) is 30.1 Å². The van der Waals surface area contributed by atoms with Crippen LogP contribution in [0.2, 0.25) is 0 Å². The molecule has 2 heterocycles. The fourth-order valence-electron chi connectivity index (χ4n) is 4.74. The minimum Gasteiger partial charge on any atom is -0.294 e. The molecule has 0 spiro atoms. The van der Waals surface area contributed by atoms with Crippen LogP contribution < -0.4 is 0 Å². The van der Waals surface area contributed by atoms with Gasteiger partial charge in [0.2, 0.25) is 0 Å². The Bertz CT molecular complexity index is 860. The molecule has 2 aromatic rings. The van der Waals surface area contributed by atoms with Gasteiger partial charge in [-0.3, -0.25) is 9.69 Å². The van der Waals surface area contributed by atoms with Gasteiger partial charge in [-0.05, 0) is 49.4 Å². The van der Waals surface area contributed by atoms with E-state index in [-0.39, 0.29) is 17.3 Å². The Morgan fingerprint density at radius 1 is 1.11 bits per heavy atom. The summed E-state index contributed by atoms with van der Waals surface area (Å²) in [7, 11) is 0. The van der Waals surface area contributed by atoms with Gasteiger partial charge < -0.3 is 0 Å². The highest BCUT2D eigenvalue weighted by atomic mass is 19.1. The number of carbonyl (C=O) groups is 1.